The third-order valence-corrected chi connectivity index (χ3v) is 5.85. The van der Waals surface area contributed by atoms with Gasteiger partial charge in [0.2, 0.25) is 0 Å². The zero-order valence-electron chi connectivity index (χ0n) is 14.7. The first-order valence-corrected chi connectivity index (χ1v) is 9.81. The molecule has 0 atom stereocenters. The first-order valence-electron chi connectivity index (χ1n) is 9.00. The minimum absolute atomic E-state index is 0.732. The summed E-state index contributed by atoms with van der Waals surface area (Å²) in [5.41, 5.74) is 1.91. The number of rotatable bonds is 3. The van der Waals surface area contributed by atoms with Gasteiger partial charge in [-0.25, -0.2) is 0 Å². The quantitative estimate of drug-likeness (QED) is 0.536. The van der Waals surface area contributed by atoms with E-state index in [1.807, 2.05) is 24.4 Å². The van der Waals surface area contributed by atoms with E-state index in [2.05, 4.69) is 56.5 Å². The van der Waals surface area contributed by atoms with Gasteiger partial charge < -0.3 is 9.64 Å². The van der Waals surface area contributed by atoms with E-state index in [1.165, 1.54) is 0 Å². The first-order chi connectivity index (χ1) is 13.4. The summed E-state index contributed by atoms with van der Waals surface area (Å²) in [7, 11) is 0. The normalized spacial score (nSPS) is 14.6. The van der Waals surface area contributed by atoms with Crippen molar-refractivity contribution in [3.63, 3.8) is 0 Å². The van der Waals surface area contributed by atoms with Crippen LogP contribution in [0.3, 0.4) is 0 Å². The number of anilines is 1. The van der Waals surface area contributed by atoms with Crippen molar-refractivity contribution < 1.29 is 4.74 Å². The van der Waals surface area contributed by atoms with Gasteiger partial charge in [-0.3, -0.25) is 4.98 Å². The van der Waals surface area contributed by atoms with Crippen LogP contribution in [0, 0.1) is 0 Å². The number of nitrogens with zero attached hydrogens (tertiary/aromatic N) is 4. The van der Waals surface area contributed by atoms with Gasteiger partial charge in [-0.15, -0.1) is 21.5 Å². The summed E-state index contributed by atoms with van der Waals surface area (Å²) in [6.07, 6.45) is 1.82. The lowest BCUT2D eigenvalue weighted by Gasteiger charge is -2.28. The molecule has 1 aliphatic heterocycles. The summed E-state index contributed by atoms with van der Waals surface area (Å²) in [6.45, 7) is 3.16. The van der Waals surface area contributed by atoms with Crippen LogP contribution in [0.5, 0.6) is 0 Å². The number of pyridine rings is 1. The number of ether oxygens (including phenoxy) is 1. The van der Waals surface area contributed by atoms with Gasteiger partial charge in [-0.1, -0.05) is 30.3 Å². The second kappa shape index (κ2) is 7.06. The van der Waals surface area contributed by atoms with Crippen LogP contribution in [0.4, 0.5) is 5.82 Å². The van der Waals surface area contributed by atoms with Gasteiger partial charge in [0.1, 0.15) is 5.69 Å². The highest BCUT2D eigenvalue weighted by Crippen LogP contribution is 2.37. The predicted molar refractivity (Wildman–Crippen MR) is 109 cm³/mol. The molecule has 0 unspecified atom stereocenters. The lowest BCUT2D eigenvalue weighted by Crippen LogP contribution is -2.37. The molecule has 1 fully saturated rings. The van der Waals surface area contributed by atoms with Crippen molar-refractivity contribution in [2.75, 3.05) is 31.2 Å². The average molecular weight is 374 g/mol. The molecule has 4 heterocycles. The Balaban J connectivity index is 1.60. The van der Waals surface area contributed by atoms with Crippen LogP contribution in [0.2, 0.25) is 0 Å². The monoisotopic (exact) mass is 374 g/mol. The Kier molecular flexibility index (Phi) is 4.27. The first kappa shape index (κ1) is 16.4. The van der Waals surface area contributed by atoms with Crippen molar-refractivity contribution in [1.82, 2.24) is 15.2 Å². The van der Waals surface area contributed by atoms with Crippen molar-refractivity contribution >= 4 is 27.9 Å². The molecule has 0 aliphatic carbocycles. The zero-order chi connectivity index (χ0) is 18.1. The Hall–Kier alpha value is -2.83. The molecule has 1 aromatic carbocycles. The van der Waals surface area contributed by atoms with Gasteiger partial charge in [0, 0.05) is 30.1 Å². The summed E-state index contributed by atoms with van der Waals surface area (Å²) in [5, 5.41) is 11.5. The van der Waals surface area contributed by atoms with E-state index in [-0.39, 0.29) is 0 Å². The molecule has 5 rings (SSSR count). The minimum Gasteiger partial charge on any atom is -0.378 e. The van der Waals surface area contributed by atoms with Crippen molar-refractivity contribution in [2.24, 2.45) is 0 Å². The maximum Gasteiger partial charge on any atom is 0.159 e. The molecule has 134 valence electrons. The van der Waals surface area contributed by atoms with Crippen molar-refractivity contribution in [1.29, 1.82) is 0 Å². The number of morpholine rings is 1. The van der Waals surface area contributed by atoms with Crippen LogP contribution in [-0.4, -0.2) is 41.5 Å². The van der Waals surface area contributed by atoms with E-state index in [0.29, 0.717) is 0 Å². The molecule has 6 heteroatoms. The van der Waals surface area contributed by atoms with E-state index in [4.69, 9.17) is 4.74 Å². The summed E-state index contributed by atoms with van der Waals surface area (Å²) in [5.74, 6) is 0.944. The van der Waals surface area contributed by atoms with Gasteiger partial charge in [0.05, 0.1) is 28.7 Å². The third kappa shape index (κ3) is 3.07. The maximum absolute atomic E-state index is 5.48. The van der Waals surface area contributed by atoms with Gasteiger partial charge >= 0.3 is 0 Å². The molecule has 27 heavy (non-hydrogen) atoms. The fourth-order valence-corrected chi connectivity index (χ4v) is 4.37. The number of fused-ring (bicyclic) bond motifs is 1. The minimum atomic E-state index is 0.732. The highest BCUT2D eigenvalue weighted by atomic mass is 32.1. The fourth-order valence-electron chi connectivity index (χ4n) is 3.39. The molecule has 0 saturated carbocycles. The van der Waals surface area contributed by atoms with Crippen LogP contribution in [0.15, 0.2) is 60.8 Å². The van der Waals surface area contributed by atoms with Crippen LogP contribution < -0.4 is 4.90 Å². The molecule has 0 radical (unpaired) electrons. The van der Waals surface area contributed by atoms with Gasteiger partial charge in [0.25, 0.3) is 0 Å². The standard InChI is InChI=1S/C21H18N4OS/c1-2-6-16-15(5-1)20(23-24-21(16)25-11-13-26-14-12-25)19-9-8-18(27-19)17-7-3-4-10-22-17/h1-10H,11-14H2. The predicted octanol–water partition coefficient (Wildman–Crippen LogP) is 4.26. The summed E-state index contributed by atoms with van der Waals surface area (Å²) < 4.78 is 5.48. The summed E-state index contributed by atoms with van der Waals surface area (Å²) >= 11 is 1.70. The highest BCUT2D eigenvalue weighted by molar-refractivity contribution is 7.18. The van der Waals surface area contributed by atoms with Crippen LogP contribution >= 0.6 is 11.3 Å². The van der Waals surface area contributed by atoms with Crippen LogP contribution in [0.25, 0.3) is 31.9 Å². The molecule has 0 spiro atoms. The largest absolute Gasteiger partial charge is 0.378 e. The summed E-state index contributed by atoms with van der Waals surface area (Å²) in [4.78, 5) is 8.95. The highest BCUT2D eigenvalue weighted by Gasteiger charge is 2.19. The number of aromatic nitrogens is 3. The van der Waals surface area contributed by atoms with Gasteiger partial charge in [-0.2, -0.15) is 0 Å². The smallest absolute Gasteiger partial charge is 0.159 e. The second-order valence-corrected chi connectivity index (χ2v) is 7.48. The molecule has 5 nitrogen and oxygen atoms in total. The van der Waals surface area contributed by atoms with Crippen LogP contribution in [0.1, 0.15) is 0 Å². The SMILES string of the molecule is c1ccc(-c2ccc(-c3nnc(N4CCOCC4)c4ccccc34)s2)nc1. The van der Waals surface area contributed by atoms with Crippen molar-refractivity contribution in [3.05, 3.63) is 60.8 Å². The maximum atomic E-state index is 5.48. The zero-order valence-corrected chi connectivity index (χ0v) is 15.5. The lowest BCUT2D eigenvalue weighted by atomic mass is 10.1. The van der Waals surface area contributed by atoms with Gasteiger partial charge in [-0.05, 0) is 24.3 Å². The number of benzene rings is 1. The molecular formula is C21H18N4OS. The molecule has 1 aliphatic rings. The van der Waals surface area contributed by atoms with Crippen molar-refractivity contribution in [3.8, 4) is 21.1 Å². The molecule has 0 bridgehead atoms. The average Bonchev–Trinajstić information content (AvgIpc) is 3.24. The summed E-state index contributed by atoms with van der Waals surface area (Å²) in [6, 6.07) is 18.6. The van der Waals surface area contributed by atoms with E-state index in [9.17, 15) is 0 Å². The topological polar surface area (TPSA) is 51.1 Å². The Labute approximate surface area is 161 Å². The number of hydrogen-bond acceptors (Lipinski definition) is 6. The van der Waals surface area contributed by atoms with Crippen molar-refractivity contribution in [2.45, 2.75) is 0 Å². The fraction of sp³-hybridized carbons (Fsp3) is 0.190. The lowest BCUT2D eigenvalue weighted by molar-refractivity contribution is 0.122. The third-order valence-electron chi connectivity index (χ3n) is 4.74. The van der Waals surface area contributed by atoms with E-state index in [1.54, 1.807) is 11.3 Å². The van der Waals surface area contributed by atoms with Crippen LogP contribution in [-0.2, 0) is 4.74 Å². The molecule has 0 N–H and O–H groups in total. The van der Waals surface area contributed by atoms with Gasteiger partial charge in [0.15, 0.2) is 5.82 Å². The molecule has 1 saturated heterocycles. The molecule has 0 amide bonds. The number of thiophene rings is 1. The Morgan fingerprint density at radius 1 is 0.815 bits per heavy atom. The van der Waals surface area contributed by atoms with E-state index in [0.717, 1.165) is 64.0 Å². The molecule has 3 aromatic heterocycles. The van der Waals surface area contributed by atoms with E-state index < -0.39 is 0 Å². The Bertz CT molecular complexity index is 1070. The van der Waals surface area contributed by atoms with E-state index >= 15 is 0 Å². The second-order valence-electron chi connectivity index (χ2n) is 6.40. The molecule has 4 aromatic rings. The Morgan fingerprint density at radius 2 is 1.59 bits per heavy atom. The molecular weight excluding hydrogens is 356 g/mol. The Morgan fingerprint density at radius 3 is 2.41 bits per heavy atom. The number of hydrogen-bond donors (Lipinski definition) is 0.